The first-order chi connectivity index (χ1) is 8.70. The van der Waals surface area contributed by atoms with Crippen molar-refractivity contribution in [2.45, 2.75) is 25.9 Å². The van der Waals surface area contributed by atoms with Crippen molar-refractivity contribution >= 4 is 43.2 Å². The van der Waals surface area contributed by atoms with Crippen molar-refractivity contribution in [1.29, 1.82) is 0 Å². The zero-order valence-electron chi connectivity index (χ0n) is 10.1. The van der Waals surface area contributed by atoms with Gasteiger partial charge < -0.3 is 5.32 Å². The second-order valence-corrected chi connectivity index (χ2v) is 6.86. The van der Waals surface area contributed by atoms with Crippen LogP contribution in [0.25, 0.3) is 0 Å². The van der Waals surface area contributed by atoms with Crippen LogP contribution in [0.15, 0.2) is 44.7 Å². The highest BCUT2D eigenvalue weighted by atomic mass is 79.9. The molecule has 1 N–H and O–H groups in total. The lowest BCUT2D eigenvalue weighted by molar-refractivity contribution is 0.521. The second-order valence-electron chi connectivity index (χ2n) is 4.09. The minimum atomic E-state index is 0.400. The predicted octanol–water partition coefficient (Wildman–Crippen LogP) is 5.51. The average molecular weight is 389 g/mol. The average Bonchev–Trinajstić information content (AvgIpc) is 2.76. The molecule has 0 spiro atoms. The molecule has 96 valence electrons. The standard InChI is InChI=1S/C14H15Br2NS/c1-2-13(10-4-3-5-11(15)8-10)17-9-14-12(16)6-7-18-14/h3-8,13,17H,2,9H2,1H3. The molecule has 1 heterocycles. The molecule has 1 aromatic carbocycles. The summed E-state index contributed by atoms with van der Waals surface area (Å²) in [5.74, 6) is 0. The first-order valence-electron chi connectivity index (χ1n) is 5.91. The maximum absolute atomic E-state index is 3.62. The van der Waals surface area contributed by atoms with Gasteiger partial charge in [0.05, 0.1) is 0 Å². The highest BCUT2D eigenvalue weighted by Gasteiger charge is 2.10. The van der Waals surface area contributed by atoms with Gasteiger partial charge in [-0.15, -0.1) is 11.3 Å². The molecule has 1 atom stereocenters. The summed E-state index contributed by atoms with van der Waals surface area (Å²) in [7, 11) is 0. The number of thiophene rings is 1. The third kappa shape index (κ3) is 3.67. The van der Waals surface area contributed by atoms with E-state index in [1.54, 1.807) is 11.3 Å². The minimum Gasteiger partial charge on any atom is -0.305 e. The summed E-state index contributed by atoms with van der Waals surface area (Å²) in [5, 5.41) is 5.73. The van der Waals surface area contributed by atoms with Crippen LogP contribution in [0.3, 0.4) is 0 Å². The molecular formula is C14H15Br2NS. The Balaban J connectivity index is 2.04. The quantitative estimate of drug-likeness (QED) is 0.711. The molecule has 0 radical (unpaired) electrons. The van der Waals surface area contributed by atoms with E-state index in [9.17, 15) is 0 Å². The van der Waals surface area contributed by atoms with Crippen LogP contribution in [-0.4, -0.2) is 0 Å². The van der Waals surface area contributed by atoms with Crippen LogP contribution in [0.4, 0.5) is 0 Å². The van der Waals surface area contributed by atoms with Gasteiger partial charge in [-0.3, -0.25) is 0 Å². The van der Waals surface area contributed by atoms with Gasteiger partial charge in [-0.05, 0) is 51.5 Å². The van der Waals surface area contributed by atoms with Crippen molar-refractivity contribution in [3.05, 3.63) is 55.1 Å². The number of halogens is 2. The Hall–Kier alpha value is -0.160. The van der Waals surface area contributed by atoms with Gasteiger partial charge in [-0.25, -0.2) is 0 Å². The van der Waals surface area contributed by atoms with Crippen molar-refractivity contribution < 1.29 is 0 Å². The van der Waals surface area contributed by atoms with E-state index in [1.165, 1.54) is 14.9 Å². The molecule has 1 nitrogen and oxygen atoms in total. The molecule has 0 aliphatic rings. The number of benzene rings is 1. The monoisotopic (exact) mass is 387 g/mol. The van der Waals surface area contributed by atoms with Gasteiger partial charge in [0.2, 0.25) is 0 Å². The fraction of sp³-hybridized carbons (Fsp3) is 0.286. The van der Waals surface area contributed by atoms with Crippen LogP contribution in [-0.2, 0) is 6.54 Å². The molecule has 0 aliphatic carbocycles. The zero-order chi connectivity index (χ0) is 13.0. The third-order valence-electron chi connectivity index (χ3n) is 2.86. The van der Waals surface area contributed by atoms with Gasteiger partial charge in [0.25, 0.3) is 0 Å². The molecule has 0 bridgehead atoms. The Morgan fingerprint density at radius 3 is 2.72 bits per heavy atom. The largest absolute Gasteiger partial charge is 0.305 e. The van der Waals surface area contributed by atoms with Gasteiger partial charge in [-0.1, -0.05) is 35.0 Å². The van der Waals surface area contributed by atoms with E-state index in [1.807, 2.05) is 0 Å². The molecule has 1 unspecified atom stereocenters. The highest BCUT2D eigenvalue weighted by Crippen LogP contribution is 2.25. The van der Waals surface area contributed by atoms with Gasteiger partial charge in [0.1, 0.15) is 0 Å². The summed E-state index contributed by atoms with van der Waals surface area (Å²) >= 11 is 8.88. The lowest BCUT2D eigenvalue weighted by Crippen LogP contribution is -2.19. The van der Waals surface area contributed by atoms with Crippen molar-refractivity contribution in [2.24, 2.45) is 0 Å². The van der Waals surface area contributed by atoms with E-state index < -0.39 is 0 Å². The summed E-state index contributed by atoms with van der Waals surface area (Å²) in [6.45, 7) is 3.12. The number of nitrogens with one attached hydrogen (secondary N) is 1. The number of hydrogen-bond acceptors (Lipinski definition) is 2. The van der Waals surface area contributed by atoms with Gasteiger partial charge in [0, 0.05) is 26.4 Å². The highest BCUT2D eigenvalue weighted by molar-refractivity contribution is 9.10. The third-order valence-corrected chi connectivity index (χ3v) is 5.28. The molecule has 18 heavy (non-hydrogen) atoms. The lowest BCUT2D eigenvalue weighted by Gasteiger charge is -2.17. The summed E-state index contributed by atoms with van der Waals surface area (Å²) in [4.78, 5) is 1.35. The molecule has 1 aromatic heterocycles. The molecular weight excluding hydrogens is 374 g/mol. The van der Waals surface area contributed by atoms with E-state index >= 15 is 0 Å². The first kappa shape index (κ1) is 14.3. The van der Waals surface area contributed by atoms with Gasteiger partial charge in [-0.2, -0.15) is 0 Å². The van der Waals surface area contributed by atoms with Crippen LogP contribution in [0, 0.1) is 0 Å². The number of rotatable bonds is 5. The van der Waals surface area contributed by atoms with Crippen molar-refractivity contribution in [1.82, 2.24) is 5.32 Å². The lowest BCUT2D eigenvalue weighted by atomic mass is 10.0. The molecule has 0 aliphatic heterocycles. The van der Waals surface area contributed by atoms with Gasteiger partial charge in [0.15, 0.2) is 0 Å². The van der Waals surface area contributed by atoms with Crippen molar-refractivity contribution in [3.8, 4) is 0 Å². The predicted molar refractivity (Wildman–Crippen MR) is 86.0 cm³/mol. The second kappa shape index (κ2) is 6.85. The SMILES string of the molecule is CCC(NCc1sccc1Br)c1cccc(Br)c1. The van der Waals surface area contributed by atoms with E-state index in [0.29, 0.717) is 6.04 Å². The fourth-order valence-electron chi connectivity index (χ4n) is 1.89. The molecule has 0 fully saturated rings. The number of hydrogen-bond donors (Lipinski definition) is 1. The molecule has 0 saturated heterocycles. The molecule has 4 heteroatoms. The Bertz CT molecular complexity index is 510. The van der Waals surface area contributed by atoms with Crippen LogP contribution < -0.4 is 5.32 Å². The minimum absolute atomic E-state index is 0.400. The first-order valence-corrected chi connectivity index (χ1v) is 8.38. The van der Waals surface area contributed by atoms with Crippen LogP contribution >= 0.6 is 43.2 Å². The van der Waals surface area contributed by atoms with Crippen molar-refractivity contribution in [3.63, 3.8) is 0 Å². The van der Waals surface area contributed by atoms with Crippen LogP contribution in [0.5, 0.6) is 0 Å². The Labute approximate surface area is 129 Å². The zero-order valence-corrected chi connectivity index (χ0v) is 14.1. The summed E-state index contributed by atoms with van der Waals surface area (Å²) < 4.78 is 2.33. The van der Waals surface area contributed by atoms with Gasteiger partial charge >= 0.3 is 0 Å². The summed E-state index contributed by atoms with van der Waals surface area (Å²) in [5.41, 5.74) is 1.33. The maximum Gasteiger partial charge on any atom is 0.0327 e. The molecule has 2 aromatic rings. The van der Waals surface area contributed by atoms with E-state index in [2.05, 4.69) is 79.8 Å². The maximum atomic E-state index is 3.62. The fourth-order valence-corrected chi connectivity index (χ4v) is 3.75. The Morgan fingerprint density at radius 2 is 2.11 bits per heavy atom. The summed E-state index contributed by atoms with van der Waals surface area (Å²) in [6.07, 6.45) is 1.08. The molecule has 0 amide bonds. The topological polar surface area (TPSA) is 12.0 Å². The Morgan fingerprint density at radius 1 is 1.28 bits per heavy atom. The van der Waals surface area contributed by atoms with E-state index in [4.69, 9.17) is 0 Å². The van der Waals surface area contributed by atoms with Crippen LogP contribution in [0.1, 0.15) is 29.8 Å². The molecule has 2 rings (SSSR count). The summed E-state index contributed by atoms with van der Waals surface area (Å²) in [6, 6.07) is 11.0. The molecule has 0 saturated carbocycles. The van der Waals surface area contributed by atoms with Crippen molar-refractivity contribution in [2.75, 3.05) is 0 Å². The normalized spacial score (nSPS) is 12.6. The smallest absolute Gasteiger partial charge is 0.0327 e. The Kier molecular flexibility index (Phi) is 5.42. The van der Waals surface area contributed by atoms with Crippen LogP contribution in [0.2, 0.25) is 0 Å². The van der Waals surface area contributed by atoms with E-state index in [-0.39, 0.29) is 0 Å². The van der Waals surface area contributed by atoms with E-state index in [0.717, 1.165) is 17.4 Å².